The fraction of sp³-hybridized carbons (Fsp3) is 1.00. The van der Waals surface area contributed by atoms with Gasteiger partial charge in [-0.25, -0.2) is 0 Å². The lowest BCUT2D eigenvalue weighted by Gasteiger charge is -2.36. The third-order valence-corrected chi connectivity index (χ3v) is 1.73. The van der Waals surface area contributed by atoms with Gasteiger partial charge in [0.15, 0.2) is 0 Å². The Labute approximate surface area is 79.1 Å². The van der Waals surface area contributed by atoms with Crippen LogP contribution in [-0.2, 0) is 18.9 Å². The predicted octanol–water partition coefficient (Wildman–Crippen LogP) is 1.35. The van der Waals surface area contributed by atoms with Gasteiger partial charge >= 0.3 is 6.16 Å². The molecule has 0 saturated carbocycles. The molecule has 1 rings (SSSR count). The maximum atomic E-state index is 5.39. The van der Waals surface area contributed by atoms with E-state index in [4.69, 9.17) is 18.9 Å². The van der Waals surface area contributed by atoms with Gasteiger partial charge in [0.05, 0.1) is 26.4 Å². The molecule has 78 valence electrons. The van der Waals surface area contributed by atoms with E-state index in [1.807, 2.05) is 13.8 Å². The topological polar surface area (TPSA) is 36.9 Å². The molecule has 0 aliphatic carbocycles. The van der Waals surface area contributed by atoms with Crippen LogP contribution in [-0.4, -0.2) is 32.6 Å². The average molecular weight is 190 g/mol. The predicted molar refractivity (Wildman–Crippen MR) is 47.1 cm³/mol. The molecule has 1 aliphatic rings. The summed E-state index contributed by atoms with van der Waals surface area (Å²) in [5, 5.41) is 0. The second-order valence-corrected chi connectivity index (χ2v) is 3.09. The lowest BCUT2D eigenvalue weighted by Crippen LogP contribution is -2.48. The first-order valence-electron chi connectivity index (χ1n) is 4.78. The third-order valence-electron chi connectivity index (χ3n) is 1.73. The molecule has 13 heavy (non-hydrogen) atoms. The van der Waals surface area contributed by atoms with E-state index >= 15 is 0 Å². The Balaban J connectivity index is 2.47. The van der Waals surface area contributed by atoms with Gasteiger partial charge in [-0.15, -0.1) is 0 Å². The monoisotopic (exact) mass is 190 g/mol. The standard InChI is InChI=1S/C9H18O4/c1-4-10-9(11-5-2)12-6-8(3)7-13-9/h8H,4-7H2,1-3H3. The number of ether oxygens (including phenoxy) is 4. The Hall–Kier alpha value is -0.160. The molecule has 4 heteroatoms. The molecular weight excluding hydrogens is 172 g/mol. The molecule has 1 heterocycles. The van der Waals surface area contributed by atoms with Crippen LogP contribution in [0.5, 0.6) is 0 Å². The normalized spacial score (nSPS) is 23.3. The van der Waals surface area contributed by atoms with Crippen LogP contribution in [0.25, 0.3) is 0 Å². The van der Waals surface area contributed by atoms with Crippen molar-refractivity contribution in [2.75, 3.05) is 26.4 Å². The van der Waals surface area contributed by atoms with Gasteiger partial charge < -0.3 is 18.9 Å². The molecular formula is C9H18O4. The second-order valence-electron chi connectivity index (χ2n) is 3.09. The van der Waals surface area contributed by atoms with E-state index in [2.05, 4.69) is 6.92 Å². The Morgan fingerprint density at radius 1 is 1.15 bits per heavy atom. The van der Waals surface area contributed by atoms with Gasteiger partial charge in [0.1, 0.15) is 0 Å². The Kier molecular flexibility index (Phi) is 4.12. The van der Waals surface area contributed by atoms with E-state index in [9.17, 15) is 0 Å². The van der Waals surface area contributed by atoms with Crippen molar-refractivity contribution in [3.63, 3.8) is 0 Å². The smallest absolute Gasteiger partial charge is 0.304 e. The van der Waals surface area contributed by atoms with Crippen LogP contribution >= 0.6 is 0 Å². The summed E-state index contributed by atoms with van der Waals surface area (Å²) in [7, 11) is 0. The van der Waals surface area contributed by atoms with Crippen LogP contribution in [0.15, 0.2) is 0 Å². The molecule has 0 atom stereocenters. The summed E-state index contributed by atoms with van der Waals surface area (Å²) in [6.45, 7) is 8.06. The maximum absolute atomic E-state index is 5.39. The summed E-state index contributed by atoms with van der Waals surface area (Å²) in [5.41, 5.74) is 0. The van der Waals surface area contributed by atoms with Gasteiger partial charge in [-0.3, -0.25) is 0 Å². The van der Waals surface area contributed by atoms with Gasteiger partial charge in [-0.1, -0.05) is 6.92 Å². The van der Waals surface area contributed by atoms with Crippen molar-refractivity contribution in [3.05, 3.63) is 0 Å². The second kappa shape index (κ2) is 4.91. The summed E-state index contributed by atoms with van der Waals surface area (Å²) in [6, 6.07) is 0. The minimum Gasteiger partial charge on any atom is -0.304 e. The summed E-state index contributed by atoms with van der Waals surface area (Å²) in [6.07, 6.45) is -1.24. The molecule has 0 N–H and O–H groups in total. The van der Waals surface area contributed by atoms with Crippen molar-refractivity contribution in [1.82, 2.24) is 0 Å². The summed E-state index contributed by atoms with van der Waals surface area (Å²) in [4.78, 5) is 0. The van der Waals surface area contributed by atoms with Crippen molar-refractivity contribution >= 4 is 0 Å². The maximum Gasteiger partial charge on any atom is 0.412 e. The highest BCUT2D eigenvalue weighted by molar-refractivity contribution is 4.57. The van der Waals surface area contributed by atoms with E-state index in [1.54, 1.807) is 0 Å². The van der Waals surface area contributed by atoms with Crippen LogP contribution in [0.1, 0.15) is 20.8 Å². The van der Waals surface area contributed by atoms with Gasteiger partial charge in [0.25, 0.3) is 0 Å². The van der Waals surface area contributed by atoms with E-state index < -0.39 is 6.16 Å². The molecule has 0 aromatic carbocycles. The molecule has 1 fully saturated rings. The fourth-order valence-electron chi connectivity index (χ4n) is 1.14. The van der Waals surface area contributed by atoms with Gasteiger partial charge in [-0.2, -0.15) is 0 Å². The van der Waals surface area contributed by atoms with E-state index in [-0.39, 0.29) is 0 Å². The SMILES string of the molecule is CCOC1(OCC)OCC(C)CO1. The van der Waals surface area contributed by atoms with Crippen molar-refractivity contribution in [2.24, 2.45) is 5.92 Å². The minimum absolute atomic E-state index is 0.397. The first kappa shape index (κ1) is 10.9. The largest absolute Gasteiger partial charge is 0.412 e. The van der Waals surface area contributed by atoms with Crippen LogP contribution in [0.2, 0.25) is 0 Å². The van der Waals surface area contributed by atoms with Crippen molar-refractivity contribution in [1.29, 1.82) is 0 Å². The molecule has 0 bridgehead atoms. The van der Waals surface area contributed by atoms with Crippen LogP contribution < -0.4 is 0 Å². The summed E-state index contributed by atoms with van der Waals surface area (Å²) < 4.78 is 21.4. The zero-order valence-electron chi connectivity index (χ0n) is 8.54. The van der Waals surface area contributed by atoms with Crippen LogP contribution in [0.3, 0.4) is 0 Å². The Morgan fingerprint density at radius 3 is 2.00 bits per heavy atom. The highest BCUT2D eigenvalue weighted by Crippen LogP contribution is 2.24. The van der Waals surface area contributed by atoms with Gasteiger partial charge in [-0.05, 0) is 13.8 Å². The average Bonchev–Trinajstić information content (AvgIpc) is 2.11. The molecule has 0 amide bonds. The van der Waals surface area contributed by atoms with Crippen LogP contribution in [0, 0.1) is 5.92 Å². The number of hydrogen-bond acceptors (Lipinski definition) is 4. The first-order valence-corrected chi connectivity index (χ1v) is 4.78. The Bertz CT molecular complexity index is 133. The Morgan fingerprint density at radius 2 is 1.62 bits per heavy atom. The van der Waals surface area contributed by atoms with E-state index in [0.29, 0.717) is 32.3 Å². The number of rotatable bonds is 4. The molecule has 1 saturated heterocycles. The lowest BCUT2D eigenvalue weighted by molar-refractivity contribution is -0.515. The molecule has 0 aromatic rings. The first-order chi connectivity index (χ1) is 6.22. The van der Waals surface area contributed by atoms with Crippen molar-refractivity contribution in [3.8, 4) is 0 Å². The lowest BCUT2D eigenvalue weighted by atomic mass is 10.2. The van der Waals surface area contributed by atoms with Crippen molar-refractivity contribution in [2.45, 2.75) is 26.9 Å². The molecule has 0 spiro atoms. The van der Waals surface area contributed by atoms with E-state index in [1.165, 1.54) is 0 Å². The zero-order valence-corrected chi connectivity index (χ0v) is 8.54. The molecule has 0 aromatic heterocycles. The fourth-order valence-corrected chi connectivity index (χ4v) is 1.14. The van der Waals surface area contributed by atoms with Gasteiger partial charge in [0, 0.05) is 5.92 Å². The van der Waals surface area contributed by atoms with E-state index in [0.717, 1.165) is 0 Å². The molecule has 0 unspecified atom stereocenters. The highest BCUT2D eigenvalue weighted by atomic mass is 17.0. The minimum atomic E-state index is -1.24. The molecule has 4 nitrogen and oxygen atoms in total. The number of hydrogen-bond donors (Lipinski definition) is 0. The highest BCUT2D eigenvalue weighted by Gasteiger charge is 2.39. The van der Waals surface area contributed by atoms with Gasteiger partial charge in [0.2, 0.25) is 0 Å². The van der Waals surface area contributed by atoms with Crippen molar-refractivity contribution < 1.29 is 18.9 Å². The summed E-state index contributed by atoms with van der Waals surface area (Å²) in [5.74, 6) is 0.397. The third kappa shape index (κ3) is 2.91. The quantitative estimate of drug-likeness (QED) is 0.627. The summed E-state index contributed by atoms with van der Waals surface area (Å²) >= 11 is 0. The molecule has 0 radical (unpaired) electrons. The molecule has 1 aliphatic heterocycles. The van der Waals surface area contributed by atoms with Crippen LogP contribution in [0.4, 0.5) is 0 Å². The zero-order chi connectivity index (χ0) is 9.73.